The zero-order valence-corrected chi connectivity index (χ0v) is 14.1. The summed E-state index contributed by atoms with van der Waals surface area (Å²) in [7, 11) is 0. The molecule has 0 unspecified atom stereocenters. The summed E-state index contributed by atoms with van der Waals surface area (Å²) < 4.78 is 2.06. The molecule has 0 aliphatic heterocycles. The number of aromatic nitrogens is 2. The molecule has 2 N–H and O–H groups in total. The molecule has 0 saturated carbocycles. The first-order valence-electron chi connectivity index (χ1n) is 7.27. The summed E-state index contributed by atoms with van der Waals surface area (Å²) in [4.78, 5) is 16.0. The van der Waals surface area contributed by atoms with Crippen LogP contribution in [0.3, 0.4) is 0 Å². The fourth-order valence-electron chi connectivity index (χ4n) is 2.66. The number of benzene rings is 1. The Bertz CT molecular complexity index is 872. The van der Waals surface area contributed by atoms with E-state index in [1.165, 1.54) is 12.1 Å². The van der Waals surface area contributed by atoms with Gasteiger partial charge in [-0.25, -0.2) is 4.98 Å². The van der Waals surface area contributed by atoms with Crippen molar-refractivity contribution in [2.45, 2.75) is 32.7 Å². The third kappa shape index (κ3) is 2.62. The highest BCUT2D eigenvalue weighted by Gasteiger charge is 2.25. The van der Waals surface area contributed by atoms with Crippen LogP contribution in [0.15, 0.2) is 29.6 Å². The normalized spacial score (nSPS) is 12.0. The lowest BCUT2D eigenvalue weighted by molar-refractivity contribution is -0.384. The topological polar surface area (TPSA) is 86.5 Å². The van der Waals surface area contributed by atoms with Gasteiger partial charge in [-0.1, -0.05) is 20.8 Å². The largest absolute Gasteiger partial charge is 0.325 e. The molecule has 2 heterocycles. The number of nitro benzene ring substituents is 1. The Morgan fingerprint density at radius 2 is 1.96 bits per heavy atom. The van der Waals surface area contributed by atoms with Crippen molar-refractivity contribution in [2.75, 3.05) is 0 Å². The molecule has 0 fully saturated rings. The first kappa shape index (κ1) is 15.6. The van der Waals surface area contributed by atoms with Gasteiger partial charge in [0.2, 0.25) is 0 Å². The maximum atomic E-state index is 10.8. The molecule has 23 heavy (non-hydrogen) atoms. The molecule has 3 rings (SSSR count). The SMILES string of the molecule is CC(C)(C)c1nc2scc(-c3ccc([N+](=O)[O-])cc3)n2c1CN. The Morgan fingerprint density at radius 1 is 1.30 bits per heavy atom. The zero-order chi connectivity index (χ0) is 16.8. The van der Waals surface area contributed by atoms with Gasteiger partial charge in [0.1, 0.15) is 0 Å². The van der Waals surface area contributed by atoms with E-state index in [-0.39, 0.29) is 11.1 Å². The molecule has 120 valence electrons. The molecular formula is C16H18N4O2S. The number of hydrogen-bond donors (Lipinski definition) is 1. The van der Waals surface area contributed by atoms with Crippen LogP contribution in [-0.2, 0) is 12.0 Å². The number of nitrogens with two attached hydrogens (primary N) is 1. The average molecular weight is 330 g/mol. The van der Waals surface area contributed by atoms with Crippen LogP contribution in [0.2, 0.25) is 0 Å². The minimum Gasteiger partial charge on any atom is -0.325 e. The predicted molar refractivity (Wildman–Crippen MR) is 91.8 cm³/mol. The van der Waals surface area contributed by atoms with Gasteiger partial charge in [-0.05, 0) is 17.7 Å². The van der Waals surface area contributed by atoms with E-state index in [0.717, 1.165) is 27.6 Å². The molecule has 6 nitrogen and oxygen atoms in total. The first-order valence-corrected chi connectivity index (χ1v) is 8.15. The quantitative estimate of drug-likeness (QED) is 0.585. The summed E-state index contributed by atoms with van der Waals surface area (Å²) >= 11 is 1.55. The first-order chi connectivity index (χ1) is 10.8. The molecule has 0 saturated heterocycles. The zero-order valence-electron chi connectivity index (χ0n) is 13.2. The third-order valence-corrected chi connectivity index (χ3v) is 4.56. The van der Waals surface area contributed by atoms with Gasteiger partial charge >= 0.3 is 0 Å². The average Bonchev–Trinajstić information content (AvgIpc) is 3.05. The van der Waals surface area contributed by atoms with Gasteiger partial charge < -0.3 is 5.73 Å². The second-order valence-electron chi connectivity index (χ2n) is 6.40. The monoisotopic (exact) mass is 330 g/mol. The molecule has 0 aliphatic carbocycles. The number of nitro groups is 1. The van der Waals surface area contributed by atoms with Gasteiger partial charge in [0, 0.05) is 29.5 Å². The van der Waals surface area contributed by atoms with Crippen molar-refractivity contribution < 1.29 is 4.92 Å². The maximum Gasteiger partial charge on any atom is 0.269 e. The molecule has 0 atom stereocenters. The smallest absolute Gasteiger partial charge is 0.269 e. The number of non-ortho nitro benzene ring substituents is 1. The van der Waals surface area contributed by atoms with Crippen LogP contribution in [0.5, 0.6) is 0 Å². The second kappa shape index (κ2) is 5.43. The van der Waals surface area contributed by atoms with E-state index in [4.69, 9.17) is 10.7 Å². The van der Waals surface area contributed by atoms with Gasteiger partial charge in [-0.2, -0.15) is 0 Å². The molecule has 0 aliphatic rings. The van der Waals surface area contributed by atoms with Crippen molar-refractivity contribution in [3.8, 4) is 11.3 Å². The van der Waals surface area contributed by atoms with E-state index in [2.05, 4.69) is 25.2 Å². The molecule has 0 radical (unpaired) electrons. The van der Waals surface area contributed by atoms with E-state index in [9.17, 15) is 10.1 Å². The molecule has 0 spiro atoms. The number of imidazole rings is 1. The van der Waals surface area contributed by atoms with Gasteiger partial charge in [0.05, 0.1) is 22.0 Å². The van der Waals surface area contributed by atoms with Crippen LogP contribution in [-0.4, -0.2) is 14.3 Å². The van der Waals surface area contributed by atoms with Gasteiger partial charge in [-0.3, -0.25) is 14.5 Å². The fraction of sp³-hybridized carbons (Fsp3) is 0.312. The molecule has 1 aromatic carbocycles. The summed E-state index contributed by atoms with van der Waals surface area (Å²) in [5.74, 6) is 0. The lowest BCUT2D eigenvalue weighted by Gasteiger charge is -2.17. The minimum atomic E-state index is -0.396. The number of rotatable bonds is 3. The van der Waals surface area contributed by atoms with E-state index < -0.39 is 4.92 Å². The van der Waals surface area contributed by atoms with Crippen molar-refractivity contribution in [3.63, 3.8) is 0 Å². The Hall–Kier alpha value is -2.25. The van der Waals surface area contributed by atoms with Crippen LogP contribution < -0.4 is 5.73 Å². The summed E-state index contributed by atoms with van der Waals surface area (Å²) in [6.45, 7) is 6.74. The van der Waals surface area contributed by atoms with Crippen molar-refractivity contribution in [3.05, 3.63) is 51.1 Å². The third-order valence-electron chi connectivity index (χ3n) is 3.74. The Morgan fingerprint density at radius 3 is 2.48 bits per heavy atom. The molecule has 2 aromatic heterocycles. The number of fused-ring (bicyclic) bond motifs is 1. The fourth-order valence-corrected chi connectivity index (χ4v) is 3.58. The summed E-state index contributed by atoms with van der Waals surface area (Å²) in [6, 6.07) is 6.55. The van der Waals surface area contributed by atoms with E-state index in [0.29, 0.717) is 6.54 Å². The lowest BCUT2D eigenvalue weighted by atomic mass is 9.90. The number of hydrogen-bond acceptors (Lipinski definition) is 5. The van der Waals surface area contributed by atoms with Crippen LogP contribution in [0.1, 0.15) is 32.2 Å². The lowest BCUT2D eigenvalue weighted by Crippen LogP contribution is -2.17. The Kier molecular flexibility index (Phi) is 3.69. The second-order valence-corrected chi connectivity index (χ2v) is 7.24. The molecule has 0 bridgehead atoms. The Labute approximate surface area is 137 Å². The van der Waals surface area contributed by atoms with E-state index in [1.807, 2.05) is 5.38 Å². The number of nitrogens with zero attached hydrogens (tertiary/aromatic N) is 3. The van der Waals surface area contributed by atoms with Gasteiger partial charge in [0.25, 0.3) is 5.69 Å². The Balaban J connectivity index is 2.18. The van der Waals surface area contributed by atoms with Crippen LogP contribution in [0, 0.1) is 10.1 Å². The highest BCUT2D eigenvalue weighted by Crippen LogP contribution is 2.33. The van der Waals surface area contributed by atoms with Crippen molar-refractivity contribution in [1.82, 2.24) is 9.38 Å². The summed E-state index contributed by atoms with van der Waals surface area (Å²) in [5.41, 5.74) is 9.83. The van der Waals surface area contributed by atoms with Crippen LogP contribution in [0.25, 0.3) is 16.2 Å². The molecule has 0 amide bonds. The molecular weight excluding hydrogens is 312 g/mol. The highest BCUT2D eigenvalue weighted by molar-refractivity contribution is 7.15. The van der Waals surface area contributed by atoms with Crippen LogP contribution in [0.4, 0.5) is 5.69 Å². The minimum absolute atomic E-state index is 0.0836. The molecule has 7 heteroatoms. The van der Waals surface area contributed by atoms with Crippen molar-refractivity contribution >= 4 is 22.0 Å². The van der Waals surface area contributed by atoms with E-state index in [1.54, 1.807) is 23.5 Å². The predicted octanol–water partition coefficient (Wildman–Crippen LogP) is 3.73. The molecule has 3 aromatic rings. The van der Waals surface area contributed by atoms with E-state index >= 15 is 0 Å². The number of thiazole rings is 1. The van der Waals surface area contributed by atoms with Gasteiger partial charge in [-0.15, -0.1) is 11.3 Å². The summed E-state index contributed by atoms with van der Waals surface area (Å²) in [6.07, 6.45) is 0. The standard InChI is InChI=1S/C16H18N4O2S/c1-16(2,3)14-12(8-17)19-13(9-23-15(19)18-14)10-4-6-11(7-5-10)20(21)22/h4-7,9H,8,17H2,1-3H3. The highest BCUT2D eigenvalue weighted by atomic mass is 32.1. The van der Waals surface area contributed by atoms with Crippen molar-refractivity contribution in [2.24, 2.45) is 5.73 Å². The van der Waals surface area contributed by atoms with Crippen LogP contribution >= 0.6 is 11.3 Å². The van der Waals surface area contributed by atoms with Crippen molar-refractivity contribution in [1.29, 1.82) is 0 Å². The van der Waals surface area contributed by atoms with Gasteiger partial charge in [0.15, 0.2) is 4.96 Å². The maximum absolute atomic E-state index is 10.8. The summed E-state index contributed by atoms with van der Waals surface area (Å²) in [5, 5.41) is 12.8.